The quantitative estimate of drug-likeness (QED) is 0.394. The van der Waals surface area contributed by atoms with Crippen molar-refractivity contribution in [2.45, 2.75) is 95.2 Å². The molecule has 0 nitrogen and oxygen atoms in total. The van der Waals surface area contributed by atoms with Crippen LogP contribution in [0.15, 0.2) is 0 Å². The van der Waals surface area contributed by atoms with Crippen LogP contribution in [0.25, 0.3) is 0 Å². The molecule has 0 heterocycles. The van der Waals surface area contributed by atoms with Crippen molar-refractivity contribution >= 4 is 16.0 Å². The largest absolute Gasteiger partial charge is 0.0924 e. The van der Waals surface area contributed by atoms with Crippen molar-refractivity contribution < 1.29 is 0 Å². The maximum atomic E-state index is 2.54. The summed E-state index contributed by atoms with van der Waals surface area (Å²) in [5, 5.41) is 0. The van der Waals surface area contributed by atoms with Gasteiger partial charge in [0, 0.05) is 5.66 Å². The Bertz CT molecular complexity index is 318. The zero-order chi connectivity index (χ0) is 15.6. The van der Waals surface area contributed by atoms with Gasteiger partial charge in [0.1, 0.15) is 0 Å². The summed E-state index contributed by atoms with van der Waals surface area (Å²) < 4.78 is 0. The highest BCUT2D eigenvalue weighted by Crippen LogP contribution is 2.68. The predicted octanol–water partition coefficient (Wildman–Crippen LogP) is 6.74. The minimum absolute atomic E-state index is 0.0946. The van der Waals surface area contributed by atoms with Crippen molar-refractivity contribution in [3.63, 3.8) is 0 Å². The Hall–Kier alpha value is 0.647. The molecule has 3 aliphatic carbocycles. The van der Waals surface area contributed by atoms with Crippen molar-refractivity contribution in [2.24, 2.45) is 0 Å². The van der Waals surface area contributed by atoms with Gasteiger partial charge in [0.15, 0.2) is 0 Å². The number of hydrogen-bond donors (Lipinski definition) is 0. The van der Waals surface area contributed by atoms with Crippen LogP contribution in [0.2, 0.25) is 19.6 Å². The Kier molecular flexibility index (Phi) is 6.10. The van der Waals surface area contributed by atoms with Crippen LogP contribution in [-0.4, -0.2) is 19.4 Å². The molecular formula is C20H34PSi. The zero-order valence-electron chi connectivity index (χ0n) is 14.9. The molecule has 0 atom stereocenters. The molecule has 3 saturated carbocycles. The molecule has 123 valence electrons. The third-order valence-electron chi connectivity index (χ3n) is 5.82. The SMILES string of the molecule is C[Si](C)(C)[C]1[CH][CH][CH][C]1P(C1CCCCC1)C1CCCCC1. The van der Waals surface area contributed by atoms with E-state index >= 15 is 0 Å². The molecule has 0 aromatic heterocycles. The van der Waals surface area contributed by atoms with E-state index in [0.29, 0.717) is 0 Å². The summed E-state index contributed by atoms with van der Waals surface area (Å²) in [4.78, 5) is 0. The van der Waals surface area contributed by atoms with E-state index in [1.807, 2.05) is 5.66 Å². The summed E-state index contributed by atoms with van der Waals surface area (Å²) in [6.07, 6.45) is 22.5. The summed E-state index contributed by atoms with van der Waals surface area (Å²) in [7, 11) is -1.10. The first kappa shape index (κ1) is 17.5. The summed E-state index contributed by atoms with van der Waals surface area (Å²) in [5.74, 6) is 0. The van der Waals surface area contributed by atoms with Gasteiger partial charge in [0.25, 0.3) is 0 Å². The predicted molar refractivity (Wildman–Crippen MR) is 103 cm³/mol. The van der Waals surface area contributed by atoms with E-state index in [1.165, 1.54) is 64.2 Å². The van der Waals surface area contributed by atoms with E-state index in [9.17, 15) is 0 Å². The van der Waals surface area contributed by atoms with E-state index in [-0.39, 0.29) is 7.92 Å². The molecule has 22 heavy (non-hydrogen) atoms. The third-order valence-corrected chi connectivity index (χ3v) is 11.6. The highest BCUT2D eigenvalue weighted by Gasteiger charge is 2.46. The maximum Gasteiger partial charge on any atom is 0.0525 e. The van der Waals surface area contributed by atoms with Gasteiger partial charge in [-0.3, -0.25) is 0 Å². The van der Waals surface area contributed by atoms with Gasteiger partial charge in [-0.15, -0.1) is 0 Å². The zero-order valence-corrected chi connectivity index (χ0v) is 16.8. The first-order valence-corrected chi connectivity index (χ1v) is 14.6. The van der Waals surface area contributed by atoms with Crippen LogP contribution in [0.1, 0.15) is 64.2 Å². The second-order valence-electron chi connectivity index (χ2n) is 8.57. The van der Waals surface area contributed by atoms with Crippen LogP contribution in [-0.2, 0) is 0 Å². The van der Waals surface area contributed by atoms with Crippen molar-refractivity contribution in [3.05, 3.63) is 30.5 Å². The van der Waals surface area contributed by atoms with Crippen LogP contribution < -0.4 is 0 Å². The lowest BCUT2D eigenvalue weighted by Gasteiger charge is -2.45. The Morgan fingerprint density at radius 3 is 1.73 bits per heavy atom. The Morgan fingerprint density at radius 2 is 1.27 bits per heavy atom. The molecule has 3 aliphatic rings. The van der Waals surface area contributed by atoms with E-state index < -0.39 is 8.07 Å². The smallest absolute Gasteiger partial charge is 0.0525 e. The van der Waals surface area contributed by atoms with E-state index in [0.717, 1.165) is 11.3 Å². The standard InChI is InChI=1S/C20H34PSi/c1-22(2,3)20-16-10-15-19(20)21(17-11-6-4-7-12-17)18-13-8-5-9-14-18/h10,15-18H,4-9,11-14H2,1-3H3. The molecule has 0 N–H and O–H groups in total. The summed E-state index contributed by atoms with van der Waals surface area (Å²) in [6, 6.07) is 0. The van der Waals surface area contributed by atoms with Crippen LogP contribution >= 0.6 is 7.92 Å². The van der Waals surface area contributed by atoms with Gasteiger partial charge in [-0.05, 0) is 61.8 Å². The fourth-order valence-corrected chi connectivity index (χ4v) is 11.4. The molecule has 5 radical (unpaired) electrons. The molecule has 3 fully saturated rings. The fraction of sp³-hybridized carbons (Fsp3) is 0.750. The maximum absolute atomic E-state index is 2.54. The molecule has 3 rings (SSSR count). The monoisotopic (exact) mass is 333 g/mol. The molecule has 0 amide bonds. The van der Waals surface area contributed by atoms with Gasteiger partial charge in [-0.2, -0.15) is 0 Å². The molecule has 0 spiro atoms. The number of rotatable bonds is 4. The van der Waals surface area contributed by atoms with Gasteiger partial charge >= 0.3 is 0 Å². The van der Waals surface area contributed by atoms with Crippen LogP contribution in [0.3, 0.4) is 0 Å². The van der Waals surface area contributed by atoms with Gasteiger partial charge in [0.05, 0.1) is 8.07 Å². The molecule has 0 aliphatic heterocycles. The first-order chi connectivity index (χ1) is 10.6. The van der Waals surface area contributed by atoms with Crippen LogP contribution in [0.4, 0.5) is 0 Å². The van der Waals surface area contributed by atoms with Crippen molar-refractivity contribution in [1.82, 2.24) is 0 Å². The Balaban J connectivity index is 1.80. The second-order valence-corrected chi connectivity index (χ2v) is 16.4. The lowest BCUT2D eigenvalue weighted by molar-refractivity contribution is 0.485. The highest BCUT2D eigenvalue weighted by atomic mass is 31.1. The van der Waals surface area contributed by atoms with Gasteiger partial charge < -0.3 is 0 Å². The summed E-state index contributed by atoms with van der Waals surface area (Å²) in [6.45, 7) is 7.63. The molecule has 0 saturated heterocycles. The van der Waals surface area contributed by atoms with Crippen molar-refractivity contribution in [1.29, 1.82) is 0 Å². The van der Waals surface area contributed by atoms with Crippen molar-refractivity contribution in [2.75, 3.05) is 0 Å². The molecule has 2 heteroatoms. The lowest BCUT2D eigenvalue weighted by atomic mass is 9.99. The molecular weight excluding hydrogens is 299 g/mol. The van der Waals surface area contributed by atoms with Crippen LogP contribution in [0, 0.1) is 30.5 Å². The third kappa shape index (κ3) is 4.00. The van der Waals surface area contributed by atoms with Gasteiger partial charge in [-0.25, -0.2) is 0 Å². The molecule has 0 unspecified atom stereocenters. The average Bonchev–Trinajstić information content (AvgIpc) is 2.99. The first-order valence-electron chi connectivity index (χ1n) is 9.62. The Morgan fingerprint density at radius 1 is 0.773 bits per heavy atom. The van der Waals surface area contributed by atoms with Crippen LogP contribution in [0.5, 0.6) is 0 Å². The topological polar surface area (TPSA) is 0 Å². The normalized spacial score (nSPS) is 27.8. The van der Waals surface area contributed by atoms with Gasteiger partial charge in [-0.1, -0.05) is 66.1 Å². The molecule has 0 aromatic rings. The van der Waals surface area contributed by atoms with E-state index in [4.69, 9.17) is 0 Å². The van der Waals surface area contributed by atoms with E-state index in [2.05, 4.69) is 38.9 Å². The lowest BCUT2D eigenvalue weighted by Crippen LogP contribution is -2.35. The Labute approximate surface area is 142 Å². The number of hydrogen-bond acceptors (Lipinski definition) is 0. The second kappa shape index (κ2) is 7.69. The molecule has 0 bridgehead atoms. The average molecular weight is 334 g/mol. The highest BCUT2D eigenvalue weighted by molar-refractivity contribution is 7.63. The minimum Gasteiger partial charge on any atom is -0.0924 e. The fourth-order valence-electron chi connectivity index (χ4n) is 4.68. The molecule has 0 aromatic carbocycles. The van der Waals surface area contributed by atoms with Crippen molar-refractivity contribution in [3.8, 4) is 0 Å². The summed E-state index contributed by atoms with van der Waals surface area (Å²) in [5.41, 5.74) is 5.75. The summed E-state index contributed by atoms with van der Waals surface area (Å²) >= 11 is 0. The van der Waals surface area contributed by atoms with E-state index in [1.54, 1.807) is 5.54 Å². The van der Waals surface area contributed by atoms with Gasteiger partial charge in [0.2, 0.25) is 0 Å². The minimum atomic E-state index is -1.20.